The van der Waals surface area contributed by atoms with Crippen LogP contribution >= 0.6 is 0 Å². The van der Waals surface area contributed by atoms with Crippen LogP contribution in [0, 0.1) is 6.92 Å². The third-order valence-corrected chi connectivity index (χ3v) is 3.98. The summed E-state index contributed by atoms with van der Waals surface area (Å²) >= 11 is 0. The summed E-state index contributed by atoms with van der Waals surface area (Å²) in [4.78, 5) is 16.1. The third-order valence-electron chi connectivity index (χ3n) is 3.98. The second-order valence-electron chi connectivity index (χ2n) is 5.40. The van der Waals surface area contributed by atoms with Gasteiger partial charge < -0.3 is 9.80 Å². The minimum absolute atomic E-state index is 0.697. The highest BCUT2D eigenvalue weighted by Gasteiger charge is 2.34. The molecule has 0 unspecified atom stereocenters. The lowest BCUT2D eigenvalue weighted by atomic mass is 10.1. The fourth-order valence-electron chi connectivity index (χ4n) is 2.62. The van der Waals surface area contributed by atoms with Crippen LogP contribution in [-0.4, -0.2) is 72.1 Å². The molecule has 98 valence electrons. The van der Waals surface area contributed by atoms with E-state index in [-0.39, 0.29) is 0 Å². The van der Waals surface area contributed by atoms with Crippen LogP contribution in [0.15, 0.2) is 12.3 Å². The molecule has 2 saturated heterocycles. The first-order valence-corrected chi connectivity index (χ1v) is 6.69. The maximum Gasteiger partial charge on any atom is 0.225 e. The van der Waals surface area contributed by atoms with Gasteiger partial charge in [0, 0.05) is 57.2 Å². The predicted molar refractivity (Wildman–Crippen MR) is 71.8 cm³/mol. The molecular weight excluding hydrogens is 226 g/mol. The highest BCUT2D eigenvalue weighted by atomic mass is 15.4. The summed E-state index contributed by atoms with van der Waals surface area (Å²) in [6, 6.07) is 2.64. The Bertz CT molecular complexity index is 408. The molecule has 0 bridgehead atoms. The van der Waals surface area contributed by atoms with Crippen LogP contribution < -0.4 is 4.90 Å². The number of aryl methyl sites for hydroxylation is 1. The molecule has 0 N–H and O–H groups in total. The Morgan fingerprint density at radius 3 is 2.56 bits per heavy atom. The van der Waals surface area contributed by atoms with Gasteiger partial charge in [-0.1, -0.05) is 0 Å². The molecule has 2 aliphatic rings. The normalized spacial score (nSPS) is 23.1. The molecule has 1 aromatic heterocycles. The molecule has 2 fully saturated rings. The average molecular weight is 247 g/mol. The highest BCUT2D eigenvalue weighted by molar-refractivity contribution is 5.35. The molecular formula is C13H21N5. The Kier molecular flexibility index (Phi) is 3.18. The second kappa shape index (κ2) is 4.82. The average Bonchev–Trinajstić information content (AvgIpc) is 2.30. The van der Waals surface area contributed by atoms with E-state index >= 15 is 0 Å². The van der Waals surface area contributed by atoms with Crippen molar-refractivity contribution in [1.29, 1.82) is 0 Å². The lowest BCUT2D eigenvalue weighted by Crippen LogP contribution is -2.63. The van der Waals surface area contributed by atoms with E-state index in [9.17, 15) is 0 Å². The van der Waals surface area contributed by atoms with Gasteiger partial charge in [0.2, 0.25) is 5.95 Å². The first-order valence-electron chi connectivity index (χ1n) is 6.69. The topological polar surface area (TPSA) is 35.5 Å². The van der Waals surface area contributed by atoms with E-state index in [0.29, 0.717) is 6.04 Å². The van der Waals surface area contributed by atoms with Gasteiger partial charge in [-0.15, -0.1) is 0 Å². The maximum absolute atomic E-state index is 4.47. The van der Waals surface area contributed by atoms with Crippen LogP contribution in [0.3, 0.4) is 0 Å². The first kappa shape index (κ1) is 11.9. The van der Waals surface area contributed by atoms with Gasteiger partial charge in [-0.2, -0.15) is 0 Å². The molecule has 0 radical (unpaired) electrons. The molecule has 0 aromatic carbocycles. The predicted octanol–water partition coefficient (Wildman–Crippen LogP) is 0.221. The van der Waals surface area contributed by atoms with Crippen molar-refractivity contribution < 1.29 is 0 Å². The molecule has 1 aromatic rings. The summed E-state index contributed by atoms with van der Waals surface area (Å²) in [5, 5.41) is 0. The fraction of sp³-hybridized carbons (Fsp3) is 0.692. The maximum atomic E-state index is 4.47. The van der Waals surface area contributed by atoms with Crippen molar-refractivity contribution in [2.45, 2.75) is 13.0 Å². The zero-order chi connectivity index (χ0) is 12.5. The Balaban J connectivity index is 1.54. The van der Waals surface area contributed by atoms with Gasteiger partial charge in [0.25, 0.3) is 0 Å². The summed E-state index contributed by atoms with van der Waals surface area (Å²) in [5.41, 5.74) is 1.04. The van der Waals surface area contributed by atoms with E-state index in [4.69, 9.17) is 0 Å². The van der Waals surface area contributed by atoms with Gasteiger partial charge in [-0.25, -0.2) is 9.97 Å². The summed E-state index contributed by atoms with van der Waals surface area (Å²) in [6.07, 6.45) is 1.85. The molecule has 3 rings (SSSR count). The van der Waals surface area contributed by atoms with Gasteiger partial charge in [0.15, 0.2) is 0 Å². The largest absolute Gasteiger partial charge is 0.338 e. The van der Waals surface area contributed by atoms with E-state index in [1.165, 1.54) is 26.2 Å². The number of anilines is 1. The van der Waals surface area contributed by atoms with E-state index in [1.54, 1.807) is 0 Å². The number of likely N-dealkylation sites (N-methyl/N-ethyl adjacent to an activating group) is 1. The Hall–Kier alpha value is -1.20. The van der Waals surface area contributed by atoms with Crippen molar-refractivity contribution in [1.82, 2.24) is 19.8 Å². The van der Waals surface area contributed by atoms with Crippen LogP contribution in [0.5, 0.6) is 0 Å². The highest BCUT2D eigenvalue weighted by Crippen LogP contribution is 2.21. The molecule has 5 nitrogen and oxygen atoms in total. The summed E-state index contributed by atoms with van der Waals surface area (Å²) in [6.45, 7) is 8.95. The Labute approximate surface area is 108 Å². The van der Waals surface area contributed by atoms with Crippen LogP contribution in [0.1, 0.15) is 5.69 Å². The zero-order valence-corrected chi connectivity index (χ0v) is 11.2. The fourth-order valence-corrected chi connectivity index (χ4v) is 2.62. The number of rotatable bonds is 2. The molecule has 3 heterocycles. The van der Waals surface area contributed by atoms with Gasteiger partial charge in [-0.05, 0) is 20.0 Å². The SMILES string of the molecule is Cc1ccnc(N2CC(N3CCN(C)CC3)C2)n1. The van der Waals surface area contributed by atoms with Crippen molar-refractivity contribution in [2.75, 3.05) is 51.2 Å². The molecule has 0 saturated carbocycles. The first-order chi connectivity index (χ1) is 8.72. The van der Waals surface area contributed by atoms with Crippen LogP contribution in [0.4, 0.5) is 5.95 Å². The van der Waals surface area contributed by atoms with Crippen LogP contribution in [0.2, 0.25) is 0 Å². The number of nitrogens with zero attached hydrogens (tertiary/aromatic N) is 5. The van der Waals surface area contributed by atoms with E-state index in [2.05, 4.69) is 31.7 Å². The molecule has 0 aliphatic carbocycles. The molecule has 2 aliphatic heterocycles. The summed E-state index contributed by atoms with van der Waals surface area (Å²) in [7, 11) is 2.20. The lowest BCUT2D eigenvalue weighted by Gasteiger charge is -2.47. The summed E-state index contributed by atoms with van der Waals surface area (Å²) in [5.74, 6) is 0.889. The van der Waals surface area contributed by atoms with Gasteiger partial charge in [0.1, 0.15) is 0 Å². The Morgan fingerprint density at radius 2 is 1.89 bits per heavy atom. The minimum atomic E-state index is 0.697. The standard InChI is InChI=1S/C13H21N5/c1-11-3-4-14-13(15-11)18-9-12(10-18)17-7-5-16(2)6-8-17/h3-4,12H,5-10H2,1-2H3. The van der Waals surface area contributed by atoms with Crippen molar-refractivity contribution in [3.63, 3.8) is 0 Å². The monoisotopic (exact) mass is 247 g/mol. The quantitative estimate of drug-likeness (QED) is 0.747. The number of hydrogen-bond donors (Lipinski definition) is 0. The number of piperazine rings is 1. The van der Waals surface area contributed by atoms with Crippen molar-refractivity contribution >= 4 is 5.95 Å². The lowest BCUT2D eigenvalue weighted by molar-refractivity contribution is 0.0957. The van der Waals surface area contributed by atoms with E-state index in [0.717, 1.165) is 24.7 Å². The molecule has 0 atom stereocenters. The number of hydrogen-bond acceptors (Lipinski definition) is 5. The van der Waals surface area contributed by atoms with Crippen molar-refractivity contribution in [2.24, 2.45) is 0 Å². The van der Waals surface area contributed by atoms with Crippen molar-refractivity contribution in [3.8, 4) is 0 Å². The van der Waals surface area contributed by atoms with Crippen molar-refractivity contribution in [3.05, 3.63) is 18.0 Å². The van der Waals surface area contributed by atoms with Crippen LogP contribution in [0.25, 0.3) is 0 Å². The van der Waals surface area contributed by atoms with Gasteiger partial charge in [0.05, 0.1) is 0 Å². The number of aromatic nitrogens is 2. The molecule has 0 amide bonds. The Morgan fingerprint density at radius 1 is 1.17 bits per heavy atom. The zero-order valence-electron chi connectivity index (χ0n) is 11.2. The summed E-state index contributed by atoms with van der Waals surface area (Å²) < 4.78 is 0. The third kappa shape index (κ3) is 2.33. The van der Waals surface area contributed by atoms with Gasteiger partial charge >= 0.3 is 0 Å². The minimum Gasteiger partial charge on any atom is -0.338 e. The smallest absolute Gasteiger partial charge is 0.225 e. The molecule has 18 heavy (non-hydrogen) atoms. The molecule has 5 heteroatoms. The second-order valence-corrected chi connectivity index (χ2v) is 5.40. The van der Waals surface area contributed by atoms with E-state index in [1.807, 2.05) is 19.2 Å². The van der Waals surface area contributed by atoms with Crippen LogP contribution in [-0.2, 0) is 0 Å². The van der Waals surface area contributed by atoms with E-state index < -0.39 is 0 Å². The molecule has 0 spiro atoms. The van der Waals surface area contributed by atoms with Gasteiger partial charge in [-0.3, -0.25) is 4.90 Å².